The fraction of sp³-hybridized carbons (Fsp3) is 0.538. The van der Waals surface area contributed by atoms with E-state index in [1.165, 1.54) is 7.11 Å². The highest BCUT2D eigenvalue weighted by Crippen LogP contribution is 2.09. The van der Waals surface area contributed by atoms with Crippen molar-refractivity contribution >= 4 is 11.7 Å². The Labute approximate surface area is 107 Å². The summed E-state index contributed by atoms with van der Waals surface area (Å²) >= 11 is 0. The number of anilines is 1. The summed E-state index contributed by atoms with van der Waals surface area (Å²) in [5.74, 6) is -0.429. The first-order chi connectivity index (χ1) is 8.77. The van der Waals surface area contributed by atoms with Crippen molar-refractivity contribution in [2.24, 2.45) is 0 Å². The maximum absolute atomic E-state index is 11.3. The van der Waals surface area contributed by atoms with Gasteiger partial charge in [0.15, 0.2) is 0 Å². The molecule has 100 valence electrons. The van der Waals surface area contributed by atoms with Gasteiger partial charge in [-0.3, -0.25) is 0 Å². The number of aliphatic hydroxyl groups is 1. The van der Waals surface area contributed by atoms with Gasteiger partial charge in [0.25, 0.3) is 0 Å². The summed E-state index contributed by atoms with van der Waals surface area (Å²) in [4.78, 5) is 15.2. The van der Waals surface area contributed by atoms with E-state index in [4.69, 9.17) is 5.11 Å². The quantitative estimate of drug-likeness (QED) is 0.545. The molecule has 0 aliphatic heterocycles. The molecule has 18 heavy (non-hydrogen) atoms. The molecule has 0 saturated carbocycles. The Morgan fingerprint density at radius 2 is 2.17 bits per heavy atom. The first-order valence-corrected chi connectivity index (χ1v) is 6.17. The number of carbonyl (C=O) groups is 1. The third-order valence-corrected chi connectivity index (χ3v) is 2.57. The van der Waals surface area contributed by atoms with Crippen molar-refractivity contribution in [2.75, 3.05) is 25.6 Å². The second-order valence-corrected chi connectivity index (χ2v) is 3.99. The summed E-state index contributed by atoms with van der Waals surface area (Å²) in [7, 11) is 1.34. The Hall–Kier alpha value is -1.62. The number of rotatable bonds is 8. The largest absolute Gasteiger partial charge is 0.464 e. The summed E-state index contributed by atoms with van der Waals surface area (Å²) in [6.45, 7) is 1.11. The van der Waals surface area contributed by atoms with Gasteiger partial charge in [-0.05, 0) is 25.0 Å². The molecule has 0 aliphatic carbocycles. The Bertz CT molecular complexity index is 369. The van der Waals surface area contributed by atoms with E-state index in [-0.39, 0.29) is 6.61 Å². The molecule has 0 amide bonds. The van der Waals surface area contributed by atoms with E-state index in [9.17, 15) is 4.79 Å². The number of hydrogen-bond donors (Lipinski definition) is 2. The zero-order valence-corrected chi connectivity index (χ0v) is 10.7. The van der Waals surface area contributed by atoms with Crippen molar-refractivity contribution < 1.29 is 14.6 Å². The Morgan fingerprint density at radius 1 is 1.39 bits per heavy atom. The van der Waals surface area contributed by atoms with Gasteiger partial charge in [-0.25, -0.2) is 9.78 Å². The first kappa shape index (κ1) is 14.4. The lowest BCUT2D eigenvalue weighted by molar-refractivity contribution is 0.0594. The van der Waals surface area contributed by atoms with Gasteiger partial charge in [0, 0.05) is 25.0 Å². The van der Waals surface area contributed by atoms with E-state index in [1.807, 2.05) is 6.07 Å². The van der Waals surface area contributed by atoms with Gasteiger partial charge >= 0.3 is 5.97 Å². The summed E-state index contributed by atoms with van der Waals surface area (Å²) in [5, 5.41) is 11.9. The molecule has 1 heterocycles. The first-order valence-electron chi connectivity index (χ1n) is 6.17. The van der Waals surface area contributed by atoms with Crippen LogP contribution in [-0.4, -0.2) is 36.3 Å². The van der Waals surface area contributed by atoms with Gasteiger partial charge in [0.05, 0.1) is 7.11 Å². The molecule has 0 aromatic carbocycles. The molecule has 2 N–H and O–H groups in total. The molecule has 1 aromatic rings. The lowest BCUT2D eigenvalue weighted by atomic mass is 10.2. The topological polar surface area (TPSA) is 71.5 Å². The van der Waals surface area contributed by atoms with Crippen molar-refractivity contribution in [3.05, 3.63) is 24.0 Å². The van der Waals surface area contributed by atoms with Crippen LogP contribution in [0.3, 0.4) is 0 Å². The maximum atomic E-state index is 11.3. The minimum atomic E-state index is -0.429. The Balaban J connectivity index is 2.32. The average molecular weight is 252 g/mol. The molecule has 0 unspecified atom stereocenters. The molecule has 0 atom stereocenters. The predicted molar refractivity (Wildman–Crippen MR) is 69.6 cm³/mol. The number of hydrogen-bond acceptors (Lipinski definition) is 5. The van der Waals surface area contributed by atoms with Gasteiger partial charge in [-0.1, -0.05) is 12.8 Å². The van der Waals surface area contributed by atoms with Crippen LogP contribution >= 0.6 is 0 Å². The Morgan fingerprint density at radius 3 is 2.89 bits per heavy atom. The summed E-state index contributed by atoms with van der Waals surface area (Å²) in [5.41, 5.74) is 1.18. The Kier molecular flexibility index (Phi) is 6.79. The number of carbonyl (C=O) groups excluding carboxylic acids is 1. The van der Waals surface area contributed by atoms with E-state index in [0.717, 1.165) is 37.9 Å². The van der Waals surface area contributed by atoms with Crippen LogP contribution in [0.25, 0.3) is 0 Å². The fourth-order valence-electron chi connectivity index (χ4n) is 1.58. The number of methoxy groups -OCH3 is 1. The van der Waals surface area contributed by atoms with Gasteiger partial charge in [-0.2, -0.15) is 0 Å². The monoisotopic (exact) mass is 252 g/mol. The van der Waals surface area contributed by atoms with Crippen LogP contribution < -0.4 is 5.32 Å². The molecular weight excluding hydrogens is 232 g/mol. The van der Waals surface area contributed by atoms with E-state index in [1.54, 1.807) is 12.3 Å². The number of aromatic nitrogens is 1. The van der Waals surface area contributed by atoms with E-state index >= 15 is 0 Å². The van der Waals surface area contributed by atoms with Crippen molar-refractivity contribution in [3.8, 4) is 0 Å². The predicted octanol–water partition coefficient (Wildman–Crippen LogP) is 1.83. The van der Waals surface area contributed by atoms with Crippen LogP contribution in [0.4, 0.5) is 5.69 Å². The molecule has 1 aromatic heterocycles. The molecular formula is C13H20N2O3. The smallest absolute Gasteiger partial charge is 0.356 e. The highest BCUT2D eigenvalue weighted by atomic mass is 16.5. The maximum Gasteiger partial charge on any atom is 0.356 e. The molecule has 0 bridgehead atoms. The minimum Gasteiger partial charge on any atom is -0.464 e. The number of nitrogens with one attached hydrogen (secondary N) is 1. The van der Waals surface area contributed by atoms with Crippen molar-refractivity contribution in [1.82, 2.24) is 4.98 Å². The second-order valence-electron chi connectivity index (χ2n) is 3.99. The molecule has 0 saturated heterocycles. The lowest BCUT2D eigenvalue weighted by Gasteiger charge is -2.07. The van der Waals surface area contributed by atoms with E-state index < -0.39 is 5.97 Å². The molecule has 5 nitrogen and oxygen atoms in total. The van der Waals surface area contributed by atoms with Gasteiger partial charge in [-0.15, -0.1) is 0 Å². The van der Waals surface area contributed by atoms with Crippen molar-refractivity contribution in [3.63, 3.8) is 0 Å². The lowest BCUT2D eigenvalue weighted by Crippen LogP contribution is -2.06. The number of ether oxygens (including phenoxy) is 1. The molecule has 5 heteroatoms. The fourth-order valence-corrected chi connectivity index (χ4v) is 1.58. The standard InChI is InChI=1S/C13H20N2O3/c1-18-13(17)12-10-11(6-8-15-12)14-7-4-2-3-5-9-16/h6,8,10,16H,2-5,7,9H2,1H3,(H,14,15). The molecule has 0 aliphatic rings. The third kappa shape index (κ3) is 5.14. The summed E-state index contributed by atoms with van der Waals surface area (Å²) < 4.78 is 4.61. The molecule has 0 radical (unpaired) electrons. The SMILES string of the molecule is COC(=O)c1cc(NCCCCCCO)ccn1. The summed E-state index contributed by atoms with van der Waals surface area (Å²) in [6, 6.07) is 3.50. The van der Waals surface area contributed by atoms with E-state index in [2.05, 4.69) is 15.0 Å². The zero-order chi connectivity index (χ0) is 13.2. The minimum absolute atomic E-state index is 0.264. The molecule has 1 rings (SSSR count). The number of aliphatic hydroxyl groups excluding tert-OH is 1. The third-order valence-electron chi connectivity index (χ3n) is 2.57. The molecule has 0 spiro atoms. The van der Waals surface area contributed by atoms with Crippen LogP contribution in [-0.2, 0) is 4.74 Å². The number of pyridine rings is 1. The van der Waals surface area contributed by atoms with Gasteiger partial charge in [0.2, 0.25) is 0 Å². The van der Waals surface area contributed by atoms with Crippen molar-refractivity contribution in [1.29, 1.82) is 0 Å². The highest BCUT2D eigenvalue weighted by molar-refractivity contribution is 5.88. The van der Waals surface area contributed by atoms with Gasteiger partial charge in [0.1, 0.15) is 5.69 Å². The second kappa shape index (κ2) is 8.47. The molecule has 0 fully saturated rings. The van der Waals surface area contributed by atoms with Crippen LogP contribution in [0.1, 0.15) is 36.2 Å². The zero-order valence-electron chi connectivity index (χ0n) is 10.7. The number of esters is 1. The van der Waals surface area contributed by atoms with Crippen LogP contribution in [0.2, 0.25) is 0 Å². The highest BCUT2D eigenvalue weighted by Gasteiger charge is 2.06. The van der Waals surface area contributed by atoms with Crippen LogP contribution in [0.15, 0.2) is 18.3 Å². The number of nitrogens with zero attached hydrogens (tertiary/aromatic N) is 1. The van der Waals surface area contributed by atoms with Crippen LogP contribution in [0, 0.1) is 0 Å². The normalized spacial score (nSPS) is 10.1. The van der Waals surface area contributed by atoms with Gasteiger partial charge < -0.3 is 15.2 Å². The van der Waals surface area contributed by atoms with Crippen molar-refractivity contribution in [2.45, 2.75) is 25.7 Å². The van der Waals surface area contributed by atoms with E-state index in [0.29, 0.717) is 5.69 Å². The summed E-state index contributed by atoms with van der Waals surface area (Å²) in [6.07, 6.45) is 5.61. The van der Waals surface area contributed by atoms with Crippen LogP contribution in [0.5, 0.6) is 0 Å². The average Bonchev–Trinajstić information content (AvgIpc) is 2.42. The number of unbranched alkanes of at least 4 members (excludes halogenated alkanes) is 3.